The Hall–Kier alpha value is -3.43. The zero-order valence-corrected chi connectivity index (χ0v) is 18.7. The lowest BCUT2D eigenvalue weighted by molar-refractivity contribution is 0.0526. The largest absolute Gasteiger partial charge is 0.462 e. The predicted molar refractivity (Wildman–Crippen MR) is 126 cm³/mol. The summed E-state index contributed by atoms with van der Waals surface area (Å²) in [6, 6.07) is 17.5. The molecular formula is C25H25N3O2S. The molecule has 0 aliphatic heterocycles. The number of thiazole rings is 1. The van der Waals surface area contributed by atoms with Crippen molar-refractivity contribution in [3.05, 3.63) is 76.2 Å². The van der Waals surface area contributed by atoms with Crippen LogP contribution in [-0.2, 0) is 11.2 Å². The Labute approximate surface area is 187 Å². The van der Waals surface area contributed by atoms with Crippen molar-refractivity contribution in [2.45, 2.75) is 27.2 Å². The maximum Gasteiger partial charge on any atom is 0.338 e. The third kappa shape index (κ3) is 6.03. The standard InChI is InChI=1S/C25H25N3O2S/c1-4-30-25(29)20-9-11-22(12-10-20)27-15-21(14-26)24-28-23(16-31-24)19-7-5-18(6-8-19)13-17(2)3/h5-12,15-17,27H,4,13H2,1-3H3. The first kappa shape index (κ1) is 22.3. The van der Waals surface area contributed by atoms with Gasteiger partial charge in [0.15, 0.2) is 0 Å². The van der Waals surface area contributed by atoms with Gasteiger partial charge in [0.05, 0.1) is 17.9 Å². The molecule has 0 radical (unpaired) electrons. The van der Waals surface area contributed by atoms with Crippen molar-refractivity contribution in [3.8, 4) is 17.3 Å². The molecular weight excluding hydrogens is 406 g/mol. The second-order valence-electron chi connectivity index (χ2n) is 7.44. The smallest absolute Gasteiger partial charge is 0.338 e. The van der Waals surface area contributed by atoms with Crippen LogP contribution in [0.2, 0.25) is 0 Å². The summed E-state index contributed by atoms with van der Waals surface area (Å²) < 4.78 is 4.98. The number of carbonyl (C=O) groups is 1. The molecule has 158 valence electrons. The Morgan fingerprint density at radius 2 is 1.90 bits per heavy atom. The molecule has 0 atom stereocenters. The van der Waals surface area contributed by atoms with Crippen LogP contribution in [0.15, 0.2) is 60.1 Å². The maximum atomic E-state index is 11.7. The highest BCUT2D eigenvalue weighted by Crippen LogP contribution is 2.27. The lowest BCUT2D eigenvalue weighted by atomic mass is 10.0. The third-order valence-corrected chi connectivity index (χ3v) is 5.40. The summed E-state index contributed by atoms with van der Waals surface area (Å²) >= 11 is 1.44. The molecule has 0 unspecified atom stereocenters. The molecule has 1 N–H and O–H groups in total. The number of esters is 1. The summed E-state index contributed by atoms with van der Waals surface area (Å²) in [5, 5.41) is 15.3. The first-order valence-corrected chi connectivity index (χ1v) is 11.1. The van der Waals surface area contributed by atoms with Crippen molar-refractivity contribution < 1.29 is 9.53 Å². The number of anilines is 1. The first-order chi connectivity index (χ1) is 15.0. The van der Waals surface area contributed by atoms with Crippen molar-refractivity contribution in [3.63, 3.8) is 0 Å². The molecule has 2 aromatic carbocycles. The van der Waals surface area contributed by atoms with E-state index in [2.05, 4.69) is 54.5 Å². The minimum Gasteiger partial charge on any atom is -0.462 e. The van der Waals surface area contributed by atoms with Crippen LogP contribution in [0.1, 0.15) is 41.7 Å². The number of nitrogens with one attached hydrogen (secondary N) is 1. The summed E-state index contributed by atoms with van der Waals surface area (Å²) in [6.45, 7) is 6.53. The molecule has 0 fully saturated rings. The molecule has 0 aliphatic carbocycles. The van der Waals surface area contributed by atoms with Gasteiger partial charge in [-0.15, -0.1) is 11.3 Å². The average Bonchev–Trinajstić information content (AvgIpc) is 3.25. The maximum absolute atomic E-state index is 11.7. The van der Waals surface area contributed by atoms with Gasteiger partial charge in [0, 0.05) is 22.8 Å². The Morgan fingerprint density at radius 3 is 2.52 bits per heavy atom. The molecule has 0 spiro atoms. The van der Waals surface area contributed by atoms with Gasteiger partial charge in [0.25, 0.3) is 0 Å². The predicted octanol–water partition coefficient (Wildman–Crippen LogP) is 6.16. The van der Waals surface area contributed by atoms with Crippen LogP contribution in [0.25, 0.3) is 16.8 Å². The van der Waals surface area contributed by atoms with E-state index in [9.17, 15) is 10.1 Å². The molecule has 6 heteroatoms. The summed E-state index contributed by atoms with van der Waals surface area (Å²) in [4.78, 5) is 16.4. The summed E-state index contributed by atoms with van der Waals surface area (Å²) in [6.07, 6.45) is 2.68. The number of hydrogen-bond acceptors (Lipinski definition) is 6. The van der Waals surface area contributed by atoms with Crippen molar-refractivity contribution in [2.75, 3.05) is 11.9 Å². The number of nitrogens with zero attached hydrogens (tertiary/aromatic N) is 2. The molecule has 0 bridgehead atoms. The van der Waals surface area contributed by atoms with E-state index >= 15 is 0 Å². The molecule has 5 nitrogen and oxygen atoms in total. The van der Waals surface area contributed by atoms with Crippen LogP contribution in [-0.4, -0.2) is 17.6 Å². The van der Waals surface area contributed by atoms with Gasteiger partial charge >= 0.3 is 5.97 Å². The van der Waals surface area contributed by atoms with Crippen molar-refractivity contribution in [1.82, 2.24) is 4.98 Å². The monoisotopic (exact) mass is 431 g/mol. The van der Waals surface area contributed by atoms with E-state index in [1.54, 1.807) is 37.4 Å². The second-order valence-corrected chi connectivity index (χ2v) is 8.30. The normalized spacial score (nSPS) is 11.3. The van der Waals surface area contributed by atoms with Gasteiger partial charge in [0.1, 0.15) is 16.6 Å². The summed E-state index contributed by atoms with van der Waals surface area (Å²) in [5.41, 5.74) is 4.90. The fourth-order valence-corrected chi connectivity index (χ4v) is 3.82. The van der Waals surface area contributed by atoms with Crippen LogP contribution in [0.3, 0.4) is 0 Å². The van der Waals surface area contributed by atoms with E-state index in [0.29, 0.717) is 28.7 Å². The molecule has 0 saturated heterocycles. The van der Waals surface area contributed by atoms with Gasteiger partial charge in [-0.2, -0.15) is 5.26 Å². The Kier molecular flexibility index (Phi) is 7.58. The average molecular weight is 432 g/mol. The van der Waals surface area contributed by atoms with E-state index in [1.165, 1.54) is 16.9 Å². The Bertz CT molecular complexity index is 1090. The lowest BCUT2D eigenvalue weighted by Gasteiger charge is -2.05. The number of benzene rings is 2. The number of carbonyl (C=O) groups excluding carboxylic acids is 1. The SMILES string of the molecule is CCOC(=O)c1ccc(NC=C(C#N)c2nc(-c3ccc(CC(C)C)cc3)cs2)cc1. The topological polar surface area (TPSA) is 75.0 Å². The van der Waals surface area contributed by atoms with Gasteiger partial charge in [-0.3, -0.25) is 0 Å². The van der Waals surface area contributed by atoms with Crippen LogP contribution in [0.4, 0.5) is 5.69 Å². The first-order valence-electron chi connectivity index (χ1n) is 10.2. The third-order valence-electron chi connectivity index (χ3n) is 4.53. The van der Waals surface area contributed by atoms with E-state index in [-0.39, 0.29) is 5.97 Å². The molecule has 31 heavy (non-hydrogen) atoms. The van der Waals surface area contributed by atoms with Crippen molar-refractivity contribution >= 4 is 28.6 Å². The van der Waals surface area contributed by atoms with Crippen molar-refractivity contribution in [2.24, 2.45) is 5.92 Å². The second kappa shape index (κ2) is 10.6. The van der Waals surface area contributed by atoms with E-state index in [0.717, 1.165) is 23.4 Å². The van der Waals surface area contributed by atoms with Gasteiger partial charge in [-0.05, 0) is 49.1 Å². The van der Waals surface area contributed by atoms with Crippen molar-refractivity contribution in [1.29, 1.82) is 5.26 Å². The van der Waals surface area contributed by atoms with E-state index in [1.807, 2.05) is 5.38 Å². The highest BCUT2D eigenvalue weighted by molar-refractivity contribution is 7.11. The zero-order valence-electron chi connectivity index (χ0n) is 17.9. The van der Waals surface area contributed by atoms with Crippen LogP contribution in [0, 0.1) is 17.2 Å². The number of allylic oxidation sites excluding steroid dienone is 1. The van der Waals surface area contributed by atoms with Gasteiger partial charge in [-0.1, -0.05) is 38.1 Å². The molecule has 1 aromatic heterocycles. The molecule has 3 rings (SSSR count). The summed E-state index contributed by atoms with van der Waals surface area (Å²) in [5.74, 6) is 0.267. The fraction of sp³-hybridized carbons (Fsp3) is 0.240. The van der Waals surface area contributed by atoms with E-state index < -0.39 is 0 Å². The fourth-order valence-electron chi connectivity index (χ4n) is 3.03. The minimum atomic E-state index is -0.352. The van der Waals surface area contributed by atoms with Gasteiger partial charge < -0.3 is 10.1 Å². The highest BCUT2D eigenvalue weighted by Gasteiger charge is 2.10. The molecule has 1 heterocycles. The molecule has 3 aromatic rings. The molecule has 0 aliphatic rings. The lowest BCUT2D eigenvalue weighted by Crippen LogP contribution is -2.04. The van der Waals surface area contributed by atoms with E-state index in [4.69, 9.17) is 4.74 Å². The molecule has 0 saturated carbocycles. The number of hydrogen-bond donors (Lipinski definition) is 1. The minimum absolute atomic E-state index is 0.338. The van der Waals surface area contributed by atoms with Crippen LogP contribution < -0.4 is 5.32 Å². The number of ether oxygens (including phenoxy) is 1. The number of nitriles is 1. The summed E-state index contributed by atoms with van der Waals surface area (Å²) in [7, 11) is 0. The zero-order chi connectivity index (χ0) is 22.2. The van der Waals surface area contributed by atoms with Gasteiger partial charge in [0.2, 0.25) is 0 Å². The highest BCUT2D eigenvalue weighted by atomic mass is 32.1. The molecule has 0 amide bonds. The number of aromatic nitrogens is 1. The number of rotatable bonds is 8. The van der Waals surface area contributed by atoms with Crippen LogP contribution >= 0.6 is 11.3 Å². The van der Waals surface area contributed by atoms with Gasteiger partial charge in [-0.25, -0.2) is 9.78 Å². The Morgan fingerprint density at radius 1 is 1.19 bits per heavy atom. The van der Waals surface area contributed by atoms with Crippen LogP contribution in [0.5, 0.6) is 0 Å². The Balaban J connectivity index is 1.70. The quantitative estimate of drug-likeness (QED) is 0.341.